The van der Waals surface area contributed by atoms with Crippen molar-refractivity contribution in [2.75, 3.05) is 5.32 Å². The largest absolute Gasteiger partial charge is 0.478 e. The van der Waals surface area contributed by atoms with Crippen LogP contribution < -0.4 is 10.1 Å². The number of aliphatic carboxylic acids is 1. The normalized spacial score (nSPS) is 13.0. The van der Waals surface area contributed by atoms with Crippen LogP contribution in [-0.2, 0) is 11.0 Å². The molecule has 0 saturated carbocycles. The van der Waals surface area contributed by atoms with Gasteiger partial charge in [0.1, 0.15) is 5.75 Å². The van der Waals surface area contributed by atoms with Crippen LogP contribution in [0.3, 0.4) is 0 Å². The van der Waals surface area contributed by atoms with Crippen molar-refractivity contribution in [1.82, 2.24) is 0 Å². The Morgan fingerprint density at radius 2 is 1.71 bits per heavy atom. The van der Waals surface area contributed by atoms with Crippen molar-refractivity contribution in [3.63, 3.8) is 0 Å². The highest BCUT2D eigenvalue weighted by atomic mass is 32.2. The van der Waals surface area contributed by atoms with Crippen LogP contribution in [0, 0.1) is 12.3 Å². The van der Waals surface area contributed by atoms with Crippen LogP contribution in [0.4, 0.5) is 37.7 Å². The first-order chi connectivity index (χ1) is 19.0. The zero-order chi connectivity index (χ0) is 30.6. The summed E-state index contributed by atoms with van der Waals surface area (Å²) in [7, 11) is 0. The van der Waals surface area contributed by atoms with Crippen LogP contribution in [0.1, 0.15) is 54.2 Å². The summed E-state index contributed by atoms with van der Waals surface area (Å²) < 4.78 is 84.2. The lowest BCUT2D eigenvalue weighted by Gasteiger charge is -2.24. The van der Waals surface area contributed by atoms with E-state index in [0.29, 0.717) is 38.7 Å². The molecule has 0 aromatic heterocycles. The van der Waals surface area contributed by atoms with Gasteiger partial charge in [-0.25, -0.2) is 4.79 Å². The molecule has 12 heteroatoms. The standard InChI is InChI=1S/C29H28F6N2O3S/c1-17-15-20(11-12-24(17)40-27(2,3)26(38)39)41-25(13-14-28(30,31)32)21-5-4-6-23(22(21)16-36)37-19-9-7-18(8-10-19)29(33,34)35/h4-12,15-16,25,36-37H,13-14H2,1-3H3,(H,38,39). The van der Waals surface area contributed by atoms with E-state index in [9.17, 15) is 36.2 Å². The van der Waals surface area contributed by atoms with Crippen molar-refractivity contribution >= 4 is 35.3 Å². The van der Waals surface area contributed by atoms with Gasteiger partial charge in [-0.1, -0.05) is 12.1 Å². The van der Waals surface area contributed by atoms with E-state index in [4.69, 9.17) is 10.1 Å². The van der Waals surface area contributed by atoms with Crippen LogP contribution in [0.5, 0.6) is 5.75 Å². The Morgan fingerprint density at radius 3 is 2.24 bits per heavy atom. The Kier molecular flexibility index (Phi) is 9.68. The lowest BCUT2D eigenvalue weighted by atomic mass is 9.99. The Hall–Kier alpha value is -3.67. The van der Waals surface area contributed by atoms with E-state index in [-0.39, 0.29) is 6.42 Å². The first-order valence-electron chi connectivity index (χ1n) is 12.3. The number of rotatable bonds is 11. The maximum atomic E-state index is 13.3. The summed E-state index contributed by atoms with van der Waals surface area (Å²) >= 11 is 1.15. The van der Waals surface area contributed by atoms with Gasteiger partial charge in [-0.15, -0.1) is 11.8 Å². The van der Waals surface area contributed by atoms with Gasteiger partial charge in [0, 0.05) is 39.7 Å². The molecule has 1 atom stereocenters. The Labute approximate surface area is 237 Å². The van der Waals surface area contributed by atoms with Gasteiger partial charge in [0.15, 0.2) is 5.60 Å². The minimum Gasteiger partial charge on any atom is -0.478 e. The van der Waals surface area contributed by atoms with Crippen molar-refractivity contribution in [3.8, 4) is 5.75 Å². The van der Waals surface area contributed by atoms with Gasteiger partial charge in [0.25, 0.3) is 0 Å². The molecule has 5 nitrogen and oxygen atoms in total. The Balaban J connectivity index is 1.94. The Bertz CT molecular complexity index is 1390. The SMILES string of the molecule is Cc1cc(SC(CCC(F)(F)F)c2cccc(Nc3ccc(C(F)(F)F)cc3)c2C=N)ccc1OC(C)(C)C(=O)O. The zero-order valence-corrected chi connectivity index (χ0v) is 23.1. The van der Waals surface area contributed by atoms with Crippen molar-refractivity contribution in [2.24, 2.45) is 0 Å². The molecule has 0 aliphatic heterocycles. The molecule has 0 fully saturated rings. The molecule has 0 aliphatic carbocycles. The molecule has 0 radical (unpaired) electrons. The number of carbonyl (C=O) groups is 1. The number of halogens is 6. The topological polar surface area (TPSA) is 82.4 Å². The third-order valence-electron chi connectivity index (χ3n) is 6.12. The molecule has 3 aromatic carbocycles. The highest BCUT2D eigenvalue weighted by Crippen LogP contribution is 2.44. The number of anilines is 2. The quantitative estimate of drug-likeness (QED) is 0.116. The summed E-state index contributed by atoms with van der Waals surface area (Å²) in [6.45, 7) is 4.49. The number of nitrogens with one attached hydrogen (secondary N) is 2. The number of hydrogen-bond donors (Lipinski definition) is 3. The maximum Gasteiger partial charge on any atom is 0.416 e. The molecule has 41 heavy (non-hydrogen) atoms. The summed E-state index contributed by atoms with van der Waals surface area (Å²) in [5, 5.41) is 19.6. The number of aryl methyl sites for hydroxylation is 1. The second kappa shape index (κ2) is 12.5. The van der Waals surface area contributed by atoms with E-state index in [2.05, 4.69) is 5.32 Å². The molecule has 0 heterocycles. The number of carboxylic acids is 1. The van der Waals surface area contributed by atoms with Gasteiger partial charge >= 0.3 is 18.3 Å². The number of thioether (sulfide) groups is 1. The molecule has 3 rings (SSSR count). The van der Waals surface area contributed by atoms with Crippen molar-refractivity contribution < 1.29 is 41.0 Å². The molecule has 0 amide bonds. The van der Waals surface area contributed by atoms with Gasteiger partial charge in [-0.05, 0) is 86.8 Å². The van der Waals surface area contributed by atoms with E-state index in [1.54, 1.807) is 43.3 Å². The van der Waals surface area contributed by atoms with Gasteiger partial charge < -0.3 is 20.6 Å². The second-order valence-corrected chi connectivity index (χ2v) is 11.0. The van der Waals surface area contributed by atoms with Crippen LogP contribution in [-0.4, -0.2) is 29.1 Å². The molecule has 0 bridgehead atoms. The summed E-state index contributed by atoms with van der Waals surface area (Å²) in [5.74, 6) is -0.844. The van der Waals surface area contributed by atoms with Crippen LogP contribution in [0.25, 0.3) is 0 Å². The summed E-state index contributed by atoms with van der Waals surface area (Å²) in [5.41, 5.74) is -0.328. The monoisotopic (exact) mass is 598 g/mol. The number of ether oxygens (including phenoxy) is 1. The molecule has 220 valence electrons. The van der Waals surface area contributed by atoms with Crippen LogP contribution in [0.15, 0.2) is 65.6 Å². The highest BCUT2D eigenvalue weighted by Gasteiger charge is 2.32. The lowest BCUT2D eigenvalue weighted by molar-refractivity contribution is -0.152. The van der Waals surface area contributed by atoms with Crippen LogP contribution >= 0.6 is 11.8 Å². The summed E-state index contributed by atoms with van der Waals surface area (Å²) in [4.78, 5) is 12.0. The fraction of sp³-hybridized carbons (Fsp3) is 0.310. The predicted molar refractivity (Wildman–Crippen MR) is 146 cm³/mol. The lowest BCUT2D eigenvalue weighted by Crippen LogP contribution is -2.38. The molecule has 0 spiro atoms. The van der Waals surface area contributed by atoms with E-state index in [0.717, 1.165) is 30.1 Å². The van der Waals surface area contributed by atoms with Gasteiger partial charge in [0.05, 0.1) is 5.56 Å². The summed E-state index contributed by atoms with van der Waals surface area (Å²) in [6.07, 6.45) is -9.31. The second-order valence-electron chi connectivity index (χ2n) is 9.76. The van der Waals surface area contributed by atoms with Crippen molar-refractivity contribution in [2.45, 2.75) is 61.7 Å². The minimum atomic E-state index is -4.50. The highest BCUT2D eigenvalue weighted by molar-refractivity contribution is 7.99. The molecular weight excluding hydrogens is 570 g/mol. The molecular formula is C29H28F6N2O3S. The molecule has 3 N–H and O–H groups in total. The van der Waals surface area contributed by atoms with Gasteiger partial charge in [-0.2, -0.15) is 26.3 Å². The average molecular weight is 599 g/mol. The number of hydrogen-bond acceptors (Lipinski definition) is 5. The molecule has 1 unspecified atom stereocenters. The fourth-order valence-electron chi connectivity index (χ4n) is 3.90. The van der Waals surface area contributed by atoms with Crippen molar-refractivity contribution in [1.29, 1.82) is 5.41 Å². The minimum absolute atomic E-state index is 0.298. The molecule has 3 aromatic rings. The Morgan fingerprint density at radius 1 is 1.05 bits per heavy atom. The zero-order valence-electron chi connectivity index (χ0n) is 22.3. The van der Waals surface area contributed by atoms with E-state index in [1.807, 2.05) is 0 Å². The third kappa shape index (κ3) is 8.66. The number of alkyl halides is 6. The number of benzene rings is 3. The first kappa shape index (κ1) is 31.9. The fourth-order valence-corrected chi connectivity index (χ4v) is 5.19. The third-order valence-corrected chi connectivity index (χ3v) is 7.42. The van der Waals surface area contributed by atoms with Gasteiger partial charge in [-0.3, -0.25) is 0 Å². The average Bonchev–Trinajstić information content (AvgIpc) is 2.87. The smallest absolute Gasteiger partial charge is 0.416 e. The van der Waals surface area contributed by atoms with E-state index in [1.165, 1.54) is 26.0 Å². The molecule has 0 aliphatic rings. The first-order valence-corrected chi connectivity index (χ1v) is 13.2. The summed E-state index contributed by atoms with van der Waals surface area (Å²) in [6, 6.07) is 14.0. The maximum absolute atomic E-state index is 13.3. The predicted octanol–water partition coefficient (Wildman–Crippen LogP) is 9.17. The molecule has 0 saturated heterocycles. The van der Waals surface area contributed by atoms with E-state index < -0.39 is 41.2 Å². The van der Waals surface area contributed by atoms with Gasteiger partial charge in [0.2, 0.25) is 0 Å². The number of carboxylic acid groups (broad SMARTS) is 1. The van der Waals surface area contributed by atoms with E-state index >= 15 is 0 Å². The van der Waals surface area contributed by atoms with Crippen LogP contribution in [0.2, 0.25) is 0 Å². The van der Waals surface area contributed by atoms with Crippen molar-refractivity contribution in [3.05, 3.63) is 82.9 Å².